The number of nitrogens with one attached hydrogen (secondary N) is 1. The molecule has 0 atom stereocenters. The highest BCUT2D eigenvalue weighted by molar-refractivity contribution is 9.10. The number of hydrogen-bond donors (Lipinski definition) is 1. The van der Waals surface area contributed by atoms with E-state index in [0.29, 0.717) is 6.07 Å². The number of sulfonamides is 1. The van der Waals surface area contributed by atoms with Crippen LogP contribution in [0.1, 0.15) is 11.1 Å². The minimum atomic E-state index is -4.61. The molecule has 0 radical (unpaired) electrons. The highest BCUT2D eigenvalue weighted by Crippen LogP contribution is 2.34. The highest BCUT2D eigenvalue weighted by Gasteiger charge is 2.31. The fraction of sp³-hybridized carbons (Fsp3) is 0.235. The van der Waals surface area contributed by atoms with Crippen LogP contribution in [0.2, 0.25) is 5.02 Å². The van der Waals surface area contributed by atoms with Gasteiger partial charge < -0.3 is 5.32 Å². The van der Waals surface area contributed by atoms with Crippen LogP contribution < -0.4 is 9.62 Å². The van der Waals surface area contributed by atoms with Crippen LogP contribution in [-0.2, 0) is 21.0 Å². The lowest BCUT2D eigenvalue weighted by Gasteiger charge is -2.23. The summed E-state index contributed by atoms with van der Waals surface area (Å²) >= 11 is 9.15. The second-order valence-electron chi connectivity index (χ2n) is 5.94. The van der Waals surface area contributed by atoms with Gasteiger partial charge >= 0.3 is 6.18 Å². The molecule has 0 aliphatic carbocycles. The molecule has 152 valence electrons. The third-order valence-electron chi connectivity index (χ3n) is 3.68. The van der Waals surface area contributed by atoms with E-state index in [0.717, 1.165) is 32.7 Å². The van der Waals surface area contributed by atoms with Crippen molar-refractivity contribution in [3.8, 4) is 0 Å². The first-order valence-electron chi connectivity index (χ1n) is 7.69. The maximum Gasteiger partial charge on any atom is 0.416 e. The molecule has 1 N–H and O–H groups in total. The average Bonchev–Trinajstić information content (AvgIpc) is 2.55. The van der Waals surface area contributed by atoms with Crippen LogP contribution >= 0.6 is 27.5 Å². The molecule has 2 rings (SSSR count). The molecular weight excluding hydrogens is 485 g/mol. The predicted molar refractivity (Wildman–Crippen MR) is 106 cm³/mol. The van der Waals surface area contributed by atoms with Gasteiger partial charge in [-0.05, 0) is 48.9 Å². The Labute approximate surface area is 173 Å². The summed E-state index contributed by atoms with van der Waals surface area (Å²) in [6, 6.07) is 7.18. The number of carbonyl (C=O) groups is 1. The lowest BCUT2D eigenvalue weighted by molar-refractivity contribution is -0.137. The fourth-order valence-corrected chi connectivity index (χ4v) is 3.56. The standard InChI is InChI=1S/C17H15BrClF3N2O3S/c1-10-7-12(4-5-13(10)18)24(28(2,26)27)9-16(25)23-15-8-11(17(20,21)22)3-6-14(15)19/h3-8H,9H2,1-2H3,(H,23,25). The molecule has 0 bridgehead atoms. The Morgan fingerprint density at radius 3 is 2.39 bits per heavy atom. The summed E-state index contributed by atoms with van der Waals surface area (Å²) in [5.41, 5.74) is -0.265. The van der Waals surface area contributed by atoms with Crippen molar-refractivity contribution < 1.29 is 26.4 Å². The Balaban J connectivity index is 2.29. The van der Waals surface area contributed by atoms with Crippen LogP contribution in [0.4, 0.5) is 24.5 Å². The van der Waals surface area contributed by atoms with E-state index in [2.05, 4.69) is 21.2 Å². The number of amides is 1. The summed E-state index contributed by atoms with van der Waals surface area (Å²) in [6.45, 7) is 1.11. The summed E-state index contributed by atoms with van der Waals surface area (Å²) in [5.74, 6) is -0.841. The van der Waals surface area contributed by atoms with E-state index in [1.165, 1.54) is 6.07 Å². The Morgan fingerprint density at radius 1 is 1.21 bits per heavy atom. The topological polar surface area (TPSA) is 66.5 Å². The Bertz CT molecular complexity index is 1010. The third kappa shape index (κ3) is 5.62. The number of alkyl halides is 3. The van der Waals surface area contributed by atoms with Crippen molar-refractivity contribution in [2.24, 2.45) is 0 Å². The quantitative estimate of drug-likeness (QED) is 0.641. The van der Waals surface area contributed by atoms with Gasteiger partial charge in [0.05, 0.1) is 28.2 Å². The number of benzene rings is 2. The monoisotopic (exact) mass is 498 g/mol. The van der Waals surface area contributed by atoms with Crippen LogP contribution in [0.25, 0.3) is 0 Å². The van der Waals surface area contributed by atoms with Gasteiger partial charge in [0.15, 0.2) is 0 Å². The van der Waals surface area contributed by atoms with Crippen molar-refractivity contribution in [3.05, 3.63) is 57.0 Å². The van der Waals surface area contributed by atoms with Gasteiger partial charge in [0.2, 0.25) is 15.9 Å². The molecule has 0 aliphatic rings. The minimum absolute atomic E-state index is 0.105. The number of nitrogens with zero attached hydrogens (tertiary/aromatic N) is 1. The summed E-state index contributed by atoms with van der Waals surface area (Å²) in [6.07, 6.45) is -3.69. The molecule has 2 aromatic rings. The fourth-order valence-electron chi connectivity index (χ4n) is 2.30. The molecule has 5 nitrogen and oxygen atoms in total. The molecule has 0 aromatic heterocycles. The van der Waals surface area contributed by atoms with Crippen molar-refractivity contribution in [1.82, 2.24) is 0 Å². The van der Waals surface area contributed by atoms with Crippen molar-refractivity contribution in [2.75, 3.05) is 22.4 Å². The van der Waals surface area contributed by atoms with Crippen LogP contribution in [0.5, 0.6) is 0 Å². The maximum absolute atomic E-state index is 12.8. The van der Waals surface area contributed by atoms with Crippen molar-refractivity contribution in [1.29, 1.82) is 0 Å². The maximum atomic E-state index is 12.8. The zero-order valence-electron chi connectivity index (χ0n) is 14.6. The van der Waals surface area contributed by atoms with Gasteiger partial charge in [0.1, 0.15) is 6.54 Å². The zero-order chi connectivity index (χ0) is 21.3. The van der Waals surface area contributed by atoms with E-state index in [1.54, 1.807) is 19.1 Å². The van der Waals surface area contributed by atoms with Gasteiger partial charge in [0, 0.05) is 4.47 Å². The normalized spacial score (nSPS) is 12.0. The summed E-state index contributed by atoms with van der Waals surface area (Å²) < 4.78 is 64.4. The summed E-state index contributed by atoms with van der Waals surface area (Å²) in [7, 11) is -3.83. The van der Waals surface area contributed by atoms with E-state index in [-0.39, 0.29) is 16.4 Å². The van der Waals surface area contributed by atoms with Gasteiger partial charge in [-0.2, -0.15) is 13.2 Å². The average molecular weight is 500 g/mol. The number of aryl methyl sites for hydroxylation is 1. The van der Waals surface area contributed by atoms with Crippen molar-refractivity contribution in [2.45, 2.75) is 13.1 Å². The number of rotatable bonds is 5. The Kier molecular flexibility index (Phi) is 6.67. The van der Waals surface area contributed by atoms with E-state index < -0.39 is 34.2 Å². The molecule has 0 unspecified atom stereocenters. The Hall–Kier alpha value is -1.78. The number of anilines is 2. The van der Waals surface area contributed by atoms with E-state index >= 15 is 0 Å². The number of halogens is 5. The SMILES string of the molecule is Cc1cc(N(CC(=O)Nc2cc(C(F)(F)F)ccc2Cl)S(C)(=O)=O)ccc1Br. The molecule has 0 fully saturated rings. The van der Waals surface area contributed by atoms with Gasteiger partial charge in [-0.1, -0.05) is 27.5 Å². The first kappa shape index (κ1) is 22.5. The summed E-state index contributed by atoms with van der Waals surface area (Å²) in [5, 5.41) is 2.13. The molecule has 0 saturated heterocycles. The second-order valence-corrected chi connectivity index (χ2v) is 9.11. The van der Waals surface area contributed by atoms with Crippen LogP contribution in [0.15, 0.2) is 40.9 Å². The van der Waals surface area contributed by atoms with Gasteiger partial charge in [0.25, 0.3) is 0 Å². The molecule has 0 aliphatic heterocycles. The molecule has 0 heterocycles. The minimum Gasteiger partial charge on any atom is -0.323 e. The number of carbonyl (C=O) groups excluding carboxylic acids is 1. The molecule has 11 heteroatoms. The first-order chi connectivity index (χ1) is 12.8. The van der Waals surface area contributed by atoms with E-state index in [4.69, 9.17) is 11.6 Å². The zero-order valence-corrected chi connectivity index (χ0v) is 17.8. The first-order valence-corrected chi connectivity index (χ1v) is 10.7. The lowest BCUT2D eigenvalue weighted by Crippen LogP contribution is -2.37. The van der Waals surface area contributed by atoms with Gasteiger partial charge in [-0.25, -0.2) is 8.42 Å². The third-order valence-corrected chi connectivity index (χ3v) is 6.04. The predicted octanol–water partition coefficient (Wildman–Crippen LogP) is 4.83. The number of hydrogen-bond acceptors (Lipinski definition) is 3. The lowest BCUT2D eigenvalue weighted by atomic mass is 10.2. The Morgan fingerprint density at radius 2 is 1.86 bits per heavy atom. The molecule has 2 aromatic carbocycles. The van der Waals surface area contributed by atoms with E-state index in [1.807, 2.05) is 0 Å². The molecular formula is C17H15BrClF3N2O3S. The summed E-state index contributed by atoms with van der Waals surface area (Å²) in [4.78, 5) is 12.3. The van der Waals surface area contributed by atoms with Crippen molar-refractivity contribution in [3.63, 3.8) is 0 Å². The largest absolute Gasteiger partial charge is 0.416 e. The van der Waals surface area contributed by atoms with Crippen molar-refractivity contribution >= 4 is 54.8 Å². The molecule has 0 saturated carbocycles. The molecule has 1 amide bonds. The van der Waals surface area contributed by atoms with Crippen LogP contribution in [-0.4, -0.2) is 27.1 Å². The molecule has 28 heavy (non-hydrogen) atoms. The van der Waals surface area contributed by atoms with Crippen LogP contribution in [0, 0.1) is 6.92 Å². The smallest absolute Gasteiger partial charge is 0.323 e. The van der Waals surface area contributed by atoms with E-state index in [9.17, 15) is 26.4 Å². The van der Waals surface area contributed by atoms with Gasteiger partial charge in [-0.15, -0.1) is 0 Å². The van der Waals surface area contributed by atoms with Gasteiger partial charge in [-0.3, -0.25) is 9.10 Å². The molecule has 0 spiro atoms. The van der Waals surface area contributed by atoms with Crippen LogP contribution in [0.3, 0.4) is 0 Å². The highest BCUT2D eigenvalue weighted by atomic mass is 79.9. The second kappa shape index (κ2) is 8.30.